The molecule has 2 aromatic rings. The number of aromatic nitrogens is 2. The summed E-state index contributed by atoms with van der Waals surface area (Å²) in [6.45, 7) is 0.128. The normalized spacial score (nSPS) is 9.95. The van der Waals surface area contributed by atoms with E-state index < -0.39 is 0 Å². The molecule has 1 aromatic heterocycles. The summed E-state index contributed by atoms with van der Waals surface area (Å²) in [6, 6.07) is 8.15. The second kappa shape index (κ2) is 5.74. The van der Waals surface area contributed by atoms with E-state index in [4.69, 9.17) is 28.5 Å². The molecule has 1 amide bonds. The summed E-state index contributed by atoms with van der Waals surface area (Å²) in [5.41, 5.74) is 0.379. The van der Waals surface area contributed by atoms with E-state index in [0.29, 0.717) is 21.4 Å². The number of nitriles is 1. The van der Waals surface area contributed by atoms with Gasteiger partial charge in [0.05, 0.1) is 16.1 Å². The van der Waals surface area contributed by atoms with Crippen LogP contribution in [0, 0.1) is 11.3 Å². The molecule has 0 aliphatic heterocycles. The molecule has 7 heteroatoms. The fourth-order valence-electron chi connectivity index (χ4n) is 1.41. The van der Waals surface area contributed by atoms with Crippen LogP contribution in [-0.2, 0) is 6.54 Å². The lowest BCUT2D eigenvalue weighted by Crippen LogP contribution is -2.12. The lowest BCUT2D eigenvalue weighted by Gasteiger charge is -2.03. The first-order valence-corrected chi connectivity index (χ1v) is 6.02. The average Bonchev–Trinajstić information content (AvgIpc) is 2.80. The van der Waals surface area contributed by atoms with E-state index in [1.54, 1.807) is 24.4 Å². The van der Waals surface area contributed by atoms with Crippen molar-refractivity contribution in [2.45, 2.75) is 6.54 Å². The maximum atomic E-state index is 11.9. The Morgan fingerprint density at radius 3 is 2.84 bits per heavy atom. The summed E-state index contributed by atoms with van der Waals surface area (Å²) < 4.78 is 1.42. The number of hydrogen-bond donors (Lipinski definition) is 1. The maximum Gasteiger partial charge on any atom is 0.256 e. The van der Waals surface area contributed by atoms with Crippen molar-refractivity contribution in [3.63, 3.8) is 0 Å². The molecular weight excluding hydrogens is 287 g/mol. The Bertz CT molecular complexity index is 660. The molecule has 0 aliphatic carbocycles. The molecule has 0 fully saturated rings. The van der Waals surface area contributed by atoms with Crippen LogP contribution >= 0.6 is 23.2 Å². The number of anilines is 1. The van der Waals surface area contributed by atoms with Gasteiger partial charge in [-0.15, -0.1) is 0 Å². The summed E-state index contributed by atoms with van der Waals surface area (Å²) in [5.74, 6) is 0.0205. The van der Waals surface area contributed by atoms with Crippen LogP contribution in [0.15, 0.2) is 30.5 Å². The third kappa shape index (κ3) is 3.25. The van der Waals surface area contributed by atoms with Gasteiger partial charge >= 0.3 is 0 Å². The SMILES string of the molecule is N#CCn1ccc(NC(=O)c2ccc(Cl)c(Cl)c2)n1. The van der Waals surface area contributed by atoms with Crippen molar-refractivity contribution in [1.29, 1.82) is 5.26 Å². The molecule has 0 bridgehead atoms. The molecule has 0 radical (unpaired) electrons. The number of nitrogens with zero attached hydrogens (tertiary/aromatic N) is 3. The molecule has 96 valence electrons. The van der Waals surface area contributed by atoms with Crippen LogP contribution in [0.3, 0.4) is 0 Å². The van der Waals surface area contributed by atoms with Crippen LogP contribution < -0.4 is 5.32 Å². The monoisotopic (exact) mass is 294 g/mol. The zero-order valence-corrected chi connectivity index (χ0v) is 11.1. The Balaban J connectivity index is 2.11. The number of nitrogens with one attached hydrogen (secondary N) is 1. The van der Waals surface area contributed by atoms with Gasteiger partial charge in [0.15, 0.2) is 5.82 Å². The minimum Gasteiger partial charge on any atom is -0.305 e. The molecule has 1 N–H and O–H groups in total. The number of carbonyl (C=O) groups is 1. The number of benzene rings is 1. The number of rotatable bonds is 3. The van der Waals surface area contributed by atoms with E-state index in [1.807, 2.05) is 6.07 Å². The standard InChI is InChI=1S/C12H8Cl2N4O/c13-9-2-1-8(7-10(9)14)12(19)16-11-3-5-18(17-11)6-4-15/h1-3,5,7H,6H2,(H,16,17,19). The van der Waals surface area contributed by atoms with Gasteiger partial charge in [-0.1, -0.05) is 23.2 Å². The van der Waals surface area contributed by atoms with Gasteiger partial charge in [-0.3, -0.25) is 9.48 Å². The second-order valence-electron chi connectivity index (χ2n) is 3.64. The molecule has 1 heterocycles. The first-order chi connectivity index (χ1) is 9.10. The van der Waals surface area contributed by atoms with Gasteiger partial charge in [-0.25, -0.2) is 0 Å². The Morgan fingerprint density at radius 1 is 1.37 bits per heavy atom. The predicted molar refractivity (Wildman–Crippen MR) is 72.3 cm³/mol. The molecule has 0 saturated carbocycles. The van der Waals surface area contributed by atoms with Gasteiger partial charge in [-0.2, -0.15) is 10.4 Å². The molecule has 0 atom stereocenters. The van der Waals surface area contributed by atoms with Gasteiger partial charge < -0.3 is 5.32 Å². The lowest BCUT2D eigenvalue weighted by molar-refractivity contribution is 0.102. The van der Waals surface area contributed by atoms with Crippen molar-refractivity contribution in [3.8, 4) is 6.07 Å². The minimum atomic E-state index is -0.347. The molecule has 19 heavy (non-hydrogen) atoms. The van der Waals surface area contributed by atoms with E-state index >= 15 is 0 Å². The number of amides is 1. The summed E-state index contributed by atoms with van der Waals surface area (Å²) in [7, 11) is 0. The molecular formula is C12H8Cl2N4O. The van der Waals surface area contributed by atoms with Crippen LogP contribution in [0.1, 0.15) is 10.4 Å². The first-order valence-electron chi connectivity index (χ1n) is 5.27. The van der Waals surface area contributed by atoms with Crippen molar-refractivity contribution < 1.29 is 4.79 Å². The third-order valence-electron chi connectivity index (χ3n) is 2.30. The molecule has 0 unspecified atom stereocenters. The van der Waals surface area contributed by atoms with Crippen LogP contribution in [0.25, 0.3) is 0 Å². The highest BCUT2D eigenvalue weighted by Crippen LogP contribution is 2.22. The number of halogens is 2. The van der Waals surface area contributed by atoms with E-state index in [1.165, 1.54) is 10.7 Å². The fourth-order valence-corrected chi connectivity index (χ4v) is 1.71. The first kappa shape index (κ1) is 13.4. The molecule has 2 rings (SSSR count). The molecule has 0 aliphatic rings. The van der Waals surface area contributed by atoms with E-state index in [9.17, 15) is 4.79 Å². The van der Waals surface area contributed by atoms with Crippen molar-refractivity contribution in [2.24, 2.45) is 0 Å². The lowest BCUT2D eigenvalue weighted by atomic mass is 10.2. The Labute approximate surface area is 119 Å². The van der Waals surface area contributed by atoms with Crippen molar-refractivity contribution in [2.75, 3.05) is 5.32 Å². The van der Waals surface area contributed by atoms with Gasteiger partial charge in [0.1, 0.15) is 6.54 Å². The van der Waals surface area contributed by atoms with Crippen molar-refractivity contribution in [3.05, 3.63) is 46.1 Å². The van der Waals surface area contributed by atoms with Gasteiger partial charge in [-0.05, 0) is 18.2 Å². The second-order valence-corrected chi connectivity index (χ2v) is 4.45. The van der Waals surface area contributed by atoms with Gasteiger partial charge in [0.2, 0.25) is 0 Å². The molecule has 1 aromatic carbocycles. The molecule has 0 spiro atoms. The fraction of sp³-hybridized carbons (Fsp3) is 0.0833. The highest BCUT2D eigenvalue weighted by molar-refractivity contribution is 6.42. The highest BCUT2D eigenvalue weighted by Gasteiger charge is 2.09. The van der Waals surface area contributed by atoms with E-state index in [0.717, 1.165) is 0 Å². The van der Waals surface area contributed by atoms with Crippen LogP contribution in [0.4, 0.5) is 5.82 Å². The average molecular weight is 295 g/mol. The maximum absolute atomic E-state index is 11.9. The summed E-state index contributed by atoms with van der Waals surface area (Å²) in [5, 5.41) is 15.8. The van der Waals surface area contributed by atoms with Crippen LogP contribution in [0.2, 0.25) is 10.0 Å². The van der Waals surface area contributed by atoms with Gasteiger partial charge in [0, 0.05) is 17.8 Å². The van der Waals surface area contributed by atoms with Crippen molar-refractivity contribution >= 4 is 34.9 Å². The highest BCUT2D eigenvalue weighted by atomic mass is 35.5. The van der Waals surface area contributed by atoms with Crippen LogP contribution in [0.5, 0.6) is 0 Å². The molecule has 0 saturated heterocycles. The van der Waals surface area contributed by atoms with Crippen LogP contribution in [-0.4, -0.2) is 15.7 Å². The van der Waals surface area contributed by atoms with E-state index in [2.05, 4.69) is 10.4 Å². The third-order valence-corrected chi connectivity index (χ3v) is 3.04. The van der Waals surface area contributed by atoms with Crippen molar-refractivity contribution in [1.82, 2.24) is 9.78 Å². The Morgan fingerprint density at radius 2 is 2.16 bits per heavy atom. The minimum absolute atomic E-state index is 0.128. The quantitative estimate of drug-likeness (QED) is 0.946. The van der Waals surface area contributed by atoms with E-state index in [-0.39, 0.29) is 12.5 Å². The summed E-state index contributed by atoms with van der Waals surface area (Å²) in [6.07, 6.45) is 1.60. The Kier molecular flexibility index (Phi) is 4.05. The van der Waals surface area contributed by atoms with Gasteiger partial charge in [0.25, 0.3) is 5.91 Å². The smallest absolute Gasteiger partial charge is 0.256 e. The predicted octanol–water partition coefficient (Wildman–Crippen LogP) is 2.97. The summed E-state index contributed by atoms with van der Waals surface area (Å²) in [4.78, 5) is 11.9. The topological polar surface area (TPSA) is 70.7 Å². The zero-order valence-electron chi connectivity index (χ0n) is 9.60. The summed E-state index contributed by atoms with van der Waals surface area (Å²) >= 11 is 11.6. The largest absolute Gasteiger partial charge is 0.305 e. The zero-order chi connectivity index (χ0) is 13.8. The Hall–Kier alpha value is -2.03. The molecule has 5 nitrogen and oxygen atoms in total. The number of hydrogen-bond acceptors (Lipinski definition) is 3. The number of carbonyl (C=O) groups excluding carboxylic acids is 1.